The van der Waals surface area contributed by atoms with Gasteiger partial charge >= 0.3 is 0 Å². The molecule has 0 aliphatic carbocycles. The van der Waals surface area contributed by atoms with E-state index in [0.29, 0.717) is 36.9 Å². The first-order chi connectivity index (χ1) is 12.2. The van der Waals surface area contributed by atoms with Crippen LogP contribution in [0, 0.1) is 0 Å². The highest BCUT2D eigenvalue weighted by Gasteiger charge is 2.08. The van der Waals surface area contributed by atoms with Crippen molar-refractivity contribution in [3.05, 3.63) is 48.5 Å². The molecule has 2 aromatic carbocycles. The quantitative estimate of drug-likeness (QED) is 0.618. The maximum atomic E-state index is 12.0. The van der Waals surface area contributed by atoms with E-state index in [0.717, 1.165) is 5.75 Å². The highest BCUT2D eigenvalue weighted by molar-refractivity contribution is 5.93. The summed E-state index contributed by atoms with van der Waals surface area (Å²) >= 11 is 0. The molecule has 0 spiro atoms. The van der Waals surface area contributed by atoms with E-state index in [-0.39, 0.29) is 24.9 Å². The summed E-state index contributed by atoms with van der Waals surface area (Å²) in [6.45, 7) is 3.95. The molecule has 0 aromatic heterocycles. The fourth-order valence-electron chi connectivity index (χ4n) is 2.13. The van der Waals surface area contributed by atoms with Gasteiger partial charge in [-0.05, 0) is 43.3 Å². The van der Waals surface area contributed by atoms with Gasteiger partial charge in [-0.3, -0.25) is 4.79 Å². The lowest BCUT2D eigenvalue weighted by Gasteiger charge is -2.13. The molecular formula is C19H25ClN2O4. The predicted molar refractivity (Wildman–Crippen MR) is 105 cm³/mol. The van der Waals surface area contributed by atoms with Crippen LogP contribution in [-0.2, 0) is 9.53 Å². The van der Waals surface area contributed by atoms with E-state index in [1.54, 1.807) is 13.2 Å². The average Bonchev–Trinajstić information content (AvgIpc) is 2.62. The van der Waals surface area contributed by atoms with Crippen LogP contribution >= 0.6 is 12.4 Å². The highest BCUT2D eigenvalue weighted by atomic mass is 35.5. The van der Waals surface area contributed by atoms with Gasteiger partial charge in [-0.25, -0.2) is 0 Å². The van der Waals surface area contributed by atoms with Crippen LogP contribution in [0.2, 0.25) is 0 Å². The smallest absolute Gasteiger partial charge is 0.238 e. The fourth-order valence-corrected chi connectivity index (χ4v) is 2.13. The minimum absolute atomic E-state index is 0. The molecule has 1 amide bonds. The normalized spacial score (nSPS) is 9.92. The topological polar surface area (TPSA) is 68.8 Å². The molecule has 0 radical (unpaired) electrons. The Balaban J connectivity index is 0.00000338. The molecule has 0 atom stereocenters. The molecular weight excluding hydrogens is 356 g/mol. The number of methoxy groups -OCH3 is 1. The SMILES string of the molecule is CCOc1ccc(Oc2ccccc2NC(=O)CNCCOC)cc1.Cl. The van der Waals surface area contributed by atoms with Crippen LogP contribution in [0.5, 0.6) is 17.2 Å². The minimum Gasteiger partial charge on any atom is -0.494 e. The Bertz CT molecular complexity index is 665. The number of carbonyl (C=O) groups is 1. The average molecular weight is 381 g/mol. The molecule has 0 bridgehead atoms. The van der Waals surface area contributed by atoms with Gasteiger partial charge in [0.15, 0.2) is 5.75 Å². The summed E-state index contributed by atoms with van der Waals surface area (Å²) in [6, 6.07) is 14.7. The Morgan fingerprint density at radius 1 is 1.04 bits per heavy atom. The van der Waals surface area contributed by atoms with Crippen LogP contribution in [0.25, 0.3) is 0 Å². The number of rotatable bonds is 10. The Morgan fingerprint density at radius 2 is 1.73 bits per heavy atom. The molecule has 6 nitrogen and oxygen atoms in total. The van der Waals surface area contributed by atoms with E-state index in [4.69, 9.17) is 14.2 Å². The summed E-state index contributed by atoms with van der Waals surface area (Å²) in [7, 11) is 1.62. The molecule has 7 heteroatoms. The minimum atomic E-state index is -0.140. The van der Waals surface area contributed by atoms with Crippen LogP contribution in [-0.4, -0.2) is 39.3 Å². The van der Waals surface area contributed by atoms with Crippen molar-refractivity contribution in [3.8, 4) is 17.2 Å². The van der Waals surface area contributed by atoms with Gasteiger partial charge in [0.2, 0.25) is 5.91 Å². The third-order valence-corrected chi connectivity index (χ3v) is 3.29. The molecule has 2 rings (SSSR count). The molecule has 0 heterocycles. The summed E-state index contributed by atoms with van der Waals surface area (Å²) < 4.78 is 16.2. The number of ether oxygens (including phenoxy) is 3. The fraction of sp³-hybridized carbons (Fsp3) is 0.316. The number of hydrogen-bond acceptors (Lipinski definition) is 5. The van der Waals surface area contributed by atoms with Crippen molar-refractivity contribution in [2.45, 2.75) is 6.92 Å². The van der Waals surface area contributed by atoms with Gasteiger partial charge in [0.25, 0.3) is 0 Å². The molecule has 0 saturated carbocycles. The van der Waals surface area contributed by atoms with Gasteiger partial charge in [0, 0.05) is 13.7 Å². The lowest BCUT2D eigenvalue weighted by Crippen LogP contribution is -2.30. The Kier molecular flexibility index (Phi) is 10.2. The van der Waals surface area contributed by atoms with Crippen LogP contribution < -0.4 is 20.1 Å². The van der Waals surface area contributed by atoms with Crippen LogP contribution in [0.4, 0.5) is 5.69 Å². The number of carbonyl (C=O) groups excluding carboxylic acids is 1. The van der Waals surface area contributed by atoms with E-state index in [9.17, 15) is 4.79 Å². The van der Waals surface area contributed by atoms with E-state index in [1.807, 2.05) is 49.4 Å². The molecule has 0 saturated heterocycles. The number of anilines is 1. The second-order valence-corrected chi connectivity index (χ2v) is 5.22. The zero-order valence-corrected chi connectivity index (χ0v) is 15.8. The van der Waals surface area contributed by atoms with Crippen LogP contribution in [0.15, 0.2) is 48.5 Å². The van der Waals surface area contributed by atoms with Crippen molar-refractivity contribution in [1.82, 2.24) is 5.32 Å². The maximum Gasteiger partial charge on any atom is 0.238 e. The van der Waals surface area contributed by atoms with Gasteiger partial charge in [0.05, 0.1) is 25.4 Å². The zero-order chi connectivity index (χ0) is 17.9. The second kappa shape index (κ2) is 12.1. The predicted octanol–water partition coefficient (Wildman–Crippen LogP) is 3.47. The van der Waals surface area contributed by atoms with Gasteiger partial charge in [-0.1, -0.05) is 12.1 Å². The number of para-hydroxylation sites is 2. The summed E-state index contributed by atoms with van der Waals surface area (Å²) in [5.74, 6) is 1.90. The Labute approximate surface area is 160 Å². The van der Waals surface area contributed by atoms with Crippen LogP contribution in [0.3, 0.4) is 0 Å². The first kappa shape index (κ1) is 21.8. The van der Waals surface area contributed by atoms with Crippen molar-refractivity contribution in [3.63, 3.8) is 0 Å². The van der Waals surface area contributed by atoms with Crippen molar-refractivity contribution < 1.29 is 19.0 Å². The highest BCUT2D eigenvalue weighted by Crippen LogP contribution is 2.30. The number of hydrogen-bond donors (Lipinski definition) is 2. The second-order valence-electron chi connectivity index (χ2n) is 5.22. The van der Waals surface area contributed by atoms with Crippen molar-refractivity contribution >= 4 is 24.0 Å². The number of amides is 1. The lowest BCUT2D eigenvalue weighted by molar-refractivity contribution is -0.115. The molecule has 2 N–H and O–H groups in total. The van der Waals surface area contributed by atoms with Gasteiger partial charge < -0.3 is 24.8 Å². The molecule has 2 aromatic rings. The van der Waals surface area contributed by atoms with Gasteiger partial charge in [0.1, 0.15) is 11.5 Å². The van der Waals surface area contributed by atoms with Crippen molar-refractivity contribution in [2.75, 3.05) is 38.7 Å². The van der Waals surface area contributed by atoms with E-state index in [1.165, 1.54) is 0 Å². The first-order valence-corrected chi connectivity index (χ1v) is 8.22. The molecule has 0 fully saturated rings. The summed E-state index contributed by atoms with van der Waals surface area (Å²) in [6.07, 6.45) is 0. The first-order valence-electron chi connectivity index (χ1n) is 8.22. The largest absolute Gasteiger partial charge is 0.494 e. The molecule has 0 unspecified atom stereocenters. The Hall–Kier alpha value is -2.28. The van der Waals surface area contributed by atoms with E-state index in [2.05, 4.69) is 10.6 Å². The Morgan fingerprint density at radius 3 is 2.42 bits per heavy atom. The molecule has 26 heavy (non-hydrogen) atoms. The monoisotopic (exact) mass is 380 g/mol. The van der Waals surface area contributed by atoms with Gasteiger partial charge in [-0.15, -0.1) is 12.4 Å². The van der Waals surface area contributed by atoms with E-state index >= 15 is 0 Å². The van der Waals surface area contributed by atoms with Crippen molar-refractivity contribution in [1.29, 1.82) is 0 Å². The third-order valence-electron chi connectivity index (χ3n) is 3.29. The van der Waals surface area contributed by atoms with E-state index < -0.39 is 0 Å². The third kappa shape index (κ3) is 7.31. The molecule has 0 aliphatic rings. The van der Waals surface area contributed by atoms with Crippen LogP contribution in [0.1, 0.15) is 6.92 Å². The zero-order valence-electron chi connectivity index (χ0n) is 15.0. The number of benzene rings is 2. The molecule has 142 valence electrons. The number of halogens is 1. The summed E-state index contributed by atoms with van der Waals surface area (Å²) in [5, 5.41) is 5.85. The summed E-state index contributed by atoms with van der Waals surface area (Å²) in [5.41, 5.74) is 0.620. The van der Waals surface area contributed by atoms with Gasteiger partial charge in [-0.2, -0.15) is 0 Å². The molecule has 0 aliphatic heterocycles. The lowest BCUT2D eigenvalue weighted by atomic mass is 10.2. The summed E-state index contributed by atoms with van der Waals surface area (Å²) in [4.78, 5) is 12.0. The number of nitrogens with one attached hydrogen (secondary N) is 2. The standard InChI is InChI=1S/C19H24N2O4.ClH/c1-3-24-15-8-10-16(11-9-15)25-18-7-5-4-6-17(18)21-19(22)14-20-12-13-23-2;/h4-11,20H,3,12-14H2,1-2H3,(H,21,22);1H. The maximum absolute atomic E-state index is 12.0. The van der Waals surface area contributed by atoms with Crippen molar-refractivity contribution in [2.24, 2.45) is 0 Å².